The average molecular weight is 413 g/mol. The van der Waals surface area contributed by atoms with Crippen LogP contribution in [-0.2, 0) is 9.53 Å². The second kappa shape index (κ2) is 8.58. The summed E-state index contributed by atoms with van der Waals surface area (Å²) in [5, 5.41) is 0. The first-order chi connectivity index (χ1) is 13.4. The molecular weight excluding hydrogens is 392 g/mol. The third-order valence-electron chi connectivity index (χ3n) is 4.12. The zero-order valence-electron chi connectivity index (χ0n) is 15.8. The quantitative estimate of drug-likeness (QED) is 0.414. The summed E-state index contributed by atoms with van der Waals surface area (Å²) in [7, 11) is 3.95. The van der Waals surface area contributed by atoms with E-state index in [9.17, 15) is 9.59 Å². The number of hydrogen-bond acceptors (Lipinski definition) is 6. The highest BCUT2D eigenvalue weighted by Gasteiger charge is 2.33. The molecule has 1 aliphatic rings. The Morgan fingerprint density at radius 3 is 2.57 bits per heavy atom. The molecule has 0 unspecified atom stereocenters. The van der Waals surface area contributed by atoms with Crippen LogP contribution in [0.1, 0.15) is 22.8 Å². The molecule has 2 aromatic carbocycles. The molecule has 7 heteroatoms. The van der Waals surface area contributed by atoms with Crippen LogP contribution in [-0.4, -0.2) is 36.9 Å². The number of amides is 1. The van der Waals surface area contributed by atoms with E-state index in [0.29, 0.717) is 27.1 Å². The van der Waals surface area contributed by atoms with Crippen molar-refractivity contribution in [2.75, 3.05) is 30.5 Å². The minimum Gasteiger partial charge on any atom is -0.462 e. The molecule has 144 valence electrons. The van der Waals surface area contributed by atoms with E-state index in [2.05, 4.69) is 0 Å². The average Bonchev–Trinajstić information content (AvgIpc) is 2.95. The summed E-state index contributed by atoms with van der Waals surface area (Å²) < 4.78 is 5.46. The summed E-state index contributed by atoms with van der Waals surface area (Å²) in [4.78, 5) is 28.9. The van der Waals surface area contributed by atoms with Crippen LogP contribution < -0.4 is 9.80 Å². The highest BCUT2D eigenvalue weighted by Crippen LogP contribution is 2.36. The molecule has 28 heavy (non-hydrogen) atoms. The summed E-state index contributed by atoms with van der Waals surface area (Å²) in [6.07, 6.45) is 1.83. The van der Waals surface area contributed by atoms with E-state index in [1.165, 1.54) is 16.7 Å². The van der Waals surface area contributed by atoms with Gasteiger partial charge in [-0.3, -0.25) is 9.69 Å². The Morgan fingerprint density at radius 1 is 1.21 bits per heavy atom. The molecule has 2 aromatic rings. The first-order valence-corrected chi connectivity index (χ1v) is 9.95. The van der Waals surface area contributed by atoms with Crippen molar-refractivity contribution < 1.29 is 14.3 Å². The van der Waals surface area contributed by atoms with E-state index in [1.807, 2.05) is 49.3 Å². The lowest BCUT2D eigenvalue weighted by Gasteiger charge is -2.15. The topological polar surface area (TPSA) is 49.9 Å². The van der Waals surface area contributed by atoms with Crippen LogP contribution in [0.15, 0.2) is 53.4 Å². The summed E-state index contributed by atoms with van der Waals surface area (Å²) >= 11 is 6.66. The molecule has 1 amide bonds. The van der Waals surface area contributed by atoms with Crippen molar-refractivity contribution >= 4 is 57.6 Å². The van der Waals surface area contributed by atoms with E-state index in [0.717, 1.165) is 11.3 Å². The van der Waals surface area contributed by atoms with Gasteiger partial charge in [0.15, 0.2) is 4.32 Å². The molecule has 0 N–H and O–H groups in total. The molecule has 1 saturated heterocycles. The van der Waals surface area contributed by atoms with Crippen LogP contribution in [0.5, 0.6) is 0 Å². The first-order valence-electron chi connectivity index (χ1n) is 8.73. The smallest absolute Gasteiger partial charge is 0.338 e. The highest BCUT2D eigenvalue weighted by atomic mass is 32.2. The van der Waals surface area contributed by atoms with Crippen molar-refractivity contribution in [3.05, 3.63) is 64.6 Å². The van der Waals surface area contributed by atoms with Gasteiger partial charge in [-0.2, -0.15) is 0 Å². The summed E-state index contributed by atoms with van der Waals surface area (Å²) in [6.45, 7) is 2.04. The summed E-state index contributed by atoms with van der Waals surface area (Å²) in [6, 6.07) is 14.7. The standard InChI is InChI=1S/C21H20N2O3S2/c1-4-26-20(25)15-6-5-7-17(13-15)23-19(24)18(28-21(23)27)12-14-8-10-16(11-9-14)22(2)3/h5-13H,4H2,1-3H3/b18-12+. The minimum absolute atomic E-state index is 0.201. The lowest BCUT2D eigenvalue weighted by molar-refractivity contribution is -0.113. The second-order valence-corrected chi connectivity index (χ2v) is 7.95. The van der Waals surface area contributed by atoms with Crippen LogP contribution in [0.4, 0.5) is 11.4 Å². The second-order valence-electron chi connectivity index (χ2n) is 6.27. The highest BCUT2D eigenvalue weighted by molar-refractivity contribution is 8.27. The first kappa shape index (κ1) is 20.1. The number of anilines is 2. The maximum Gasteiger partial charge on any atom is 0.338 e. The Bertz CT molecular complexity index is 952. The van der Waals surface area contributed by atoms with Gasteiger partial charge in [0, 0.05) is 19.8 Å². The number of thiocarbonyl (C=S) groups is 1. The molecule has 1 aliphatic heterocycles. The SMILES string of the molecule is CCOC(=O)c1cccc(N2C(=O)/C(=C\c3ccc(N(C)C)cc3)SC2=S)c1. The summed E-state index contributed by atoms with van der Waals surface area (Å²) in [5.74, 6) is -0.626. The van der Waals surface area contributed by atoms with Gasteiger partial charge in [0.05, 0.1) is 22.8 Å². The number of ether oxygens (including phenoxy) is 1. The van der Waals surface area contributed by atoms with Crippen molar-refractivity contribution in [2.45, 2.75) is 6.92 Å². The largest absolute Gasteiger partial charge is 0.462 e. The van der Waals surface area contributed by atoms with Crippen LogP contribution in [0, 0.1) is 0 Å². The van der Waals surface area contributed by atoms with E-state index in [-0.39, 0.29) is 5.91 Å². The number of thioether (sulfide) groups is 1. The molecule has 0 aliphatic carbocycles. The Balaban J connectivity index is 1.86. The maximum atomic E-state index is 12.9. The predicted octanol–water partition coefficient (Wildman–Crippen LogP) is 4.34. The number of rotatable bonds is 5. The molecule has 3 rings (SSSR count). The molecule has 0 bridgehead atoms. The molecule has 0 saturated carbocycles. The fraction of sp³-hybridized carbons (Fsp3) is 0.190. The van der Waals surface area contributed by atoms with Gasteiger partial charge in [-0.25, -0.2) is 4.79 Å². The Labute approximate surface area is 174 Å². The van der Waals surface area contributed by atoms with Gasteiger partial charge in [0.1, 0.15) is 0 Å². The van der Waals surface area contributed by atoms with Crippen molar-refractivity contribution in [2.24, 2.45) is 0 Å². The fourth-order valence-electron chi connectivity index (χ4n) is 2.70. The van der Waals surface area contributed by atoms with Gasteiger partial charge in [0.25, 0.3) is 5.91 Å². The Morgan fingerprint density at radius 2 is 1.93 bits per heavy atom. The van der Waals surface area contributed by atoms with Crippen molar-refractivity contribution in [1.29, 1.82) is 0 Å². The van der Waals surface area contributed by atoms with Gasteiger partial charge >= 0.3 is 5.97 Å². The Hall–Kier alpha value is -2.64. The van der Waals surface area contributed by atoms with Crippen LogP contribution in [0.3, 0.4) is 0 Å². The van der Waals surface area contributed by atoms with Gasteiger partial charge in [0.2, 0.25) is 0 Å². The third-order valence-corrected chi connectivity index (χ3v) is 5.42. The van der Waals surface area contributed by atoms with Crippen molar-refractivity contribution in [1.82, 2.24) is 0 Å². The lowest BCUT2D eigenvalue weighted by Crippen LogP contribution is -2.27. The van der Waals surface area contributed by atoms with Gasteiger partial charge in [-0.05, 0) is 48.9 Å². The third kappa shape index (κ3) is 4.26. The molecule has 1 fully saturated rings. The number of hydrogen-bond donors (Lipinski definition) is 0. The number of carbonyl (C=O) groups excluding carboxylic acids is 2. The normalized spacial score (nSPS) is 15.2. The van der Waals surface area contributed by atoms with E-state index in [4.69, 9.17) is 17.0 Å². The molecule has 0 aromatic heterocycles. The Kier molecular flexibility index (Phi) is 6.16. The van der Waals surface area contributed by atoms with Gasteiger partial charge in [-0.15, -0.1) is 0 Å². The predicted molar refractivity (Wildman–Crippen MR) is 119 cm³/mol. The number of nitrogens with zero attached hydrogens (tertiary/aromatic N) is 2. The van der Waals surface area contributed by atoms with Crippen molar-refractivity contribution in [3.8, 4) is 0 Å². The molecule has 0 atom stereocenters. The molecular formula is C21H20N2O3S2. The summed E-state index contributed by atoms with van der Waals surface area (Å²) in [5.41, 5.74) is 2.95. The molecule has 0 radical (unpaired) electrons. The number of benzene rings is 2. The zero-order valence-corrected chi connectivity index (χ0v) is 17.5. The van der Waals surface area contributed by atoms with Gasteiger partial charge in [-0.1, -0.05) is 42.2 Å². The number of carbonyl (C=O) groups is 2. The van der Waals surface area contributed by atoms with E-state index in [1.54, 1.807) is 31.2 Å². The lowest BCUT2D eigenvalue weighted by atomic mass is 10.1. The minimum atomic E-state index is -0.425. The van der Waals surface area contributed by atoms with E-state index >= 15 is 0 Å². The van der Waals surface area contributed by atoms with Crippen LogP contribution >= 0.6 is 24.0 Å². The van der Waals surface area contributed by atoms with E-state index < -0.39 is 5.97 Å². The maximum absolute atomic E-state index is 12.9. The monoisotopic (exact) mass is 412 g/mol. The molecule has 1 heterocycles. The number of esters is 1. The van der Waals surface area contributed by atoms with Crippen molar-refractivity contribution in [3.63, 3.8) is 0 Å². The molecule has 5 nitrogen and oxygen atoms in total. The van der Waals surface area contributed by atoms with Gasteiger partial charge < -0.3 is 9.64 Å². The molecule has 0 spiro atoms. The van der Waals surface area contributed by atoms with Crippen LogP contribution in [0.2, 0.25) is 0 Å². The van der Waals surface area contributed by atoms with Crippen LogP contribution in [0.25, 0.3) is 6.08 Å². The zero-order chi connectivity index (χ0) is 20.3. The fourth-order valence-corrected chi connectivity index (χ4v) is 4.00.